The van der Waals surface area contributed by atoms with E-state index in [4.69, 9.17) is 0 Å². The molecule has 1 aliphatic heterocycles. The zero-order chi connectivity index (χ0) is 19.2. The molecule has 144 valence electrons. The Bertz CT molecular complexity index is 864. The van der Waals surface area contributed by atoms with Crippen molar-refractivity contribution in [3.05, 3.63) is 70.8 Å². The lowest BCUT2D eigenvalue weighted by atomic mass is 9.82. The van der Waals surface area contributed by atoms with Gasteiger partial charge in [-0.05, 0) is 54.5 Å². The smallest absolute Gasteiger partial charge is 0.253 e. The highest BCUT2D eigenvalue weighted by atomic mass is 16.3. The molecule has 0 spiro atoms. The molecule has 2 atom stereocenters. The first kappa shape index (κ1) is 18.2. The standard InChI is InChI=1S/C24H29NO2.H2/c1-17-13-18(9-10-21(17)23(2,3)16-26)22(27)25-12-11-24(14-20(24)15-25)19-7-5-4-6-8-19;/h4-10,13,20,26H,11-12,14-16H2,1-3H3;1H. The molecule has 0 aromatic heterocycles. The number of aliphatic hydroxyl groups is 1. The van der Waals surface area contributed by atoms with E-state index in [2.05, 4.69) is 30.3 Å². The molecule has 1 amide bonds. The van der Waals surface area contributed by atoms with Crippen LogP contribution in [0.4, 0.5) is 0 Å². The summed E-state index contributed by atoms with van der Waals surface area (Å²) in [7, 11) is 0. The van der Waals surface area contributed by atoms with Gasteiger partial charge in [0.15, 0.2) is 0 Å². The number of hydrogen-bond acceptors (Lipinski definition) is 2. The second-order valence-electron chi connectivity index (χ2n) is 9.00. The zero-order valence-electron chi connectivity index (χ0n) is 16.5. The van der Waals surface area contributed by atoms with Crippen molar-refractivity contribution in [1.29, 1.82) is 0 Å². The van der Waals surface area contributed by atoms with Crippen LogP contribution in [0.15, 0.2) is 48.5 Å². The molecule has 2 fully saturated rings. The van der Waals surface area contributed by atoms with E-state index in [1.165, 1.54) is 12.0 Å². The summed E-state index contributed by atoms with van der Waals surface area (Å²) < 4.78 is 0. The van der Waals surface area contributed by atoms with Crippen molar-refractivity contribution in [3.8, 4) is 0 Å². The van der Waals surface area contributed by atoms with Gasteiger partial charge in [-0.2, -0.15) is 0 Å². The van der Waals surface area contributed by atoms with E-state index in [0.717, 1.165) is 36.2 Å². The number of piperidine rings is 1. The van der Waals surface area contributed by atoms with E-state index in [-0.39, 0.29) is 19.4 Å². The first-order chi connectivity index (χ1) is 12.9. The number of hydrogen-bond donors (Lipinski definition) is 1. The molecule has 2 unspecified atom stereocenters. The molecular formula is C24H31NO2. The Labute approximate surface area is 163 Å². The van der Waals surface area contributed by atoms with Gasteiger partial charge in [-0.3, -0.25) is 4.79 Å². The summed E-state index contributed by atoms with van der Waals surface area (Å²) >= 11 is 0. The molecule has 1 heterocycles. The number of likely N-dealkylation sites (tertiary alicyclic amines) is 1. The first-order valence-corrected chi connectivity index (χ1v) is 9.94. The molecule has 3 heteroatoms. The average molecular weight is 366 g/mol. The van der Waals surface area contributed by atoms with Gasteiger partial charge in [-0.1, -0.05) is 50.2 Å². The third kappa shape index (κ3) is 3.08. The molecule has 27 heavy (non-hydrogen) atoms. The predicted octanol–water partition coefficient (Wildman–Crippen LogP) is 4.31. The fraction of sp³-hybridized carbons (Fsp3) is 0.458. The van der Waals surface area contributed by atoms with Gasteiger partial charge < -0.3 is 10.0 Å². The lowest BCUT2D eigenvalue weighted by Crippen LogP contribution is -2.40. The molecule has 2 aliphatic rings. The van der Waals surface area contributed by atoms with Crippen LogP contribution in [0.5, 0.6) is 0 Å². The Morgan fingerprint density at radius 1 is 1.26 bits per heavy atom. The normalized spacial score (nSPS) is 24.4. The summed E-state index contributed by atoms with van der Waals surface area (Å²) in [5.74, 6) is 0.728. The van der Waals surface area contributed by atoms with Crippen LogP contribution in [-0.4, -0.2) is 35.6 Å². The van der Waals surface area contributed by atoms with E-state index in [1.54, 1.807) is 0 Å². The summed E-state index contributed by atoms with van der Waals surface area (Å²) in [6, 6.07) is 16.7. The molecule has 1 saturated heterocycles. The first-order valence-electron chi connectivity index (χ1n) is 9.94. The van der Waals surface area contributed by atoms with Gasteiger partial charge in [0, 0.05) is 30.9 Å². The molecule has 2 aromatic rings. The Morgan fingerprint density at radius 3 is 2.63 bits per heavy atom. The topological polar surface area (TPSA) is 40.5 Å². The lowest BCUT2D eigenvalue weighted by Gasteiger charge is -2.32. The van der Waals surface area contributed by atoms with Gasteiger partial charge in [0.05, 0.1) is 6.61 Å². The van der Waals surface area contributed by atoms with Crippen molar-refractivity contribution in [2.24, 2.45) is 5.92 Å². The Kier molecular flexibility index (Phi) is 4.38. The number of fused-ring (bicyclic) bond motifs is 1. The van der Waals surface area contributed by atoms with E-state index in [1.807, 2.05) is 43.9 Å². The second-order valence-corrected chi connectivity index (χ2v) is 9.00. The number of carbonyl (C=O) groups is 1. The highest BCUT2D eigenvalue weighted by Gasteiger charge is 2.57. The number of aliphatic hydroxyl groups excluding tert-OH is 1. The molecule has 1 N–H and O–H groups in total. The number of nitrogens with zero attached hydrogens (tertiary/aromatic N) is 1. The Morgan fingerprint density at radius 2 is 2.00 bits per heavy atom. The highest BCUT2D eigenvalue weighted by Crippen LogP contribution is 2.59. The van der Waals surface area contributed by atoms with Gasteiger partial charge >= 0.3 is 0 Å². The Hall–Kier alpha value is -2.13. The van der Waals surface area contributed by atoms with Crippen LogP contribution in [0.1, 0.15) is 55.2 Å². The van der Waals surface area contributed by atoms with Gasteiger partial charge in [0.2, 0.25) is 0 Å². The molecule has 0 radical (unpaired) electrons. The minimum absolute atomic E-state index is 0. The lowest BCUT2D eigenvalue weighted by molar-refractivity contribution is 0.0707. The summed E-state index contributed by atoms with van der Waals surface area (Å²) in [6.45, 7) is 7.86. The highest BCUT2D eigenvalue weighted by molar-refractivity contribution is 5.94. The maximum absolute atomic E-state index is 13.1. The maximum Gasteiger partial charge on any atom is 0.253 e. The SMILES string of the molecule is Cc1cc(C(=O)N2CCC3(c4ccccc4)CC3C2)ccc1C(C)(C)CO.[HH]. The van der Waals surface area contributed by atoms with Crippen LogP contribution in [-0.2, 0) is 10.8 Å². The minimum atomic E-state index is -0.292. The summed E-state index contributed by atoms with van der Waals surface area (Å²) in [4.78, 5) is 15.1. The van der Waals surface area contributed by atoms with Crippen molar-refractivity contribution < 1.29 is 11.3 Å². The van der Waals surface area contributed by atoms with Crippen LogP contribution >= 0.6 is 0 Å². The monoisotopic (exact) mass is 365 g/mol. The van der Waals surface area contributed by atoms with Crippen LogP contribution in [0.3, 0.4) is 0 Å². The van der Waals surface area contributed by atoms with Crippen LogP contribution in [0.25, 0.3) is 0 Å². The molecule has 4 rings (SSSR count). The molecule has 3 nitrogen and oxygen atoms in total. The van der Waals surface area contributed by atoms with Crippen LogP contribution in [0.2, 0.25) is 0 Å². The maximum atomic E-state index is 13.1. The van der Waals surface area contributed by atoms with Gasteiger partial charge in [0.25, 0.3) is 5.91 Å². The van der Waals surface area contributed by atoms with Crippen molar-refractivity contribution >= 4 is 5.91 Å². The minimum Gasteiger partial charge on any atom is -0.395 e. The number of aryl methyl sites for hydroxylation is 1. The van der Waals surface area contributed by atoms with Gasteiger partial charge in [-0.15, -0.1) is 0 Å². The average Bonchev–Trinajstić information content (AvgIpc) is 3.43. The number of benzene rings is 2. The number of carbonyl (C=O) groups excluding carboxylic acids is 1. The van der Waals surface area contributed by atoms with E-state index < -0.39 is 0 Å². The largest absolute Gasteiger partial charge is 0.395 e. The zero-order valence-corrected chi connectivity index (χ0v) is 16.5. The fourth-order valence-electron chi connectivity index (χ4n) is 4.89. The molecule has 1 aliphatic carbocycles. The summed E-state index contributed by atoms with van der Waals surface area (Å²) in [6.07, 6.45) is 2.26. The third-order valence-corrected chi connectivity index (χ3v) is 6.73. The summed E-state index contributed by atoms with van der Waals surface area (Å²) in [5.41, 5.74) is 4.39. The van der Waals surface area contributed by atoms with E-state index >= 15 is 0 Å². The van der Waals surface area contributed by atoms with Crippen molar-refractivity contribution in [2.75, 3.05) is 19.7 Å². The van der Waals surface area contributed by atoms with Gasteiger partial charge in [-0.25, -0.2) is 0 Å². The van der Waals surface area contributed by atoms with Gasteiger partial charge in [0.1, 0.15) is 0 Å². The molecule has 0 bridgehead atoms. The van der Waals surface area contributed by atoms with Crippen LogP contribution in [0, 0.1) is 12.8 Å². The second kappa shape index (κ2) is 6.49. The van der Waals surface area contributed by atoms with Crippen molar-refractivity contribution in [3.63, 3.8) is 0 Å². The number of amides is 1. The van der Waals surface area contributed by atoms with E-state index in [9.17, 15) is 9.90 Å². The van der Waals surface area contributed by atoms with Crippen molar-refractivity contribution in [2.45, 2.75) is 44.4 Å². The van der Waals surface area contributed by atoms with E-state index in [0.29, 0.717) is 11.3 Å². The Balaban J connectivity index is 0.00000225. The molecular weight excluding hydrogens is 334 g/mol. The number of rotatable bonds is 4. The summed E-state index contributed by atoms with van der Waals surface area (Å²) in [5, 5.41) is 9.63. The van der Waals surface area contributed by atoms with Crippen LogP contribution < -0.4 is 0 Å². The predicted molar refractivity (Wildman–Crippen MR) is 110 cm³/mol. The third-order valence-electron chi connectivity index (χ3n) is 6.73. The quantitative estimate of drug-likeness (QED) is 0.877. The fourth-order valence-corrected chi connectivity index (χ4v) is 4.89. The molecule has 1 saturated carbocycles. The van der Waals surface area contributed by atoms with Crippen molar-refractivity contribution in [1.82, 2.24) is 4.90 Å². The molecule has 2 aromatic carbocycles.